The Morgan fingerprint density at radius 3 is 2.40 bits per heavy atom. The number of anilines is 1. The van der Waals surface area contributed by atoms with Gasteiger partial charge in [0.1, 0.15) is 5.76 Å². The van der Waals surface area contributed by atoms with Crippen molar-refractivity contribution < 1.29 is 23.1 Å². The van der Waals surface area contributed by atoms with E-state index in [1.54, 1.807) is 23.0 Å². The number of carbonyl (C=O) groups is 1. The second-order valence-electron chi connectivity index (χ2n) is 10.9. The van der Waals surface area contributed by atoms with Crippen molar-refractivity contribution in [2.75, 3.05) is 11.9 Å². The molecule has 7 nitrogen and oxygen atoms in total. The first kappa shape index (κ1) is 32.6. The van der Waals surface area contributed by atoms with Gasteiger partial charge in [0.25, 0.3) is 0 Å². The maximum absolute atomic E-state index is 13.2. The van der Waals surface area contributed by atoms with Crippen molar-refractivity contribution in [2.24, 2.45) is 0 Å². The van der Waals surface area contributed by atoms with Gasteiger partial charge in [0.2, 0.25) is 0 Å². The number of furan rings is 1. The molecule has 0 atom stereocenters. The summed E-state index contributed by atoms with van der Waals surface area (Å²) in [5.74, 6) is -3.70. The molecule has 42 heavy (non-hydrogen) atoms. The van der Waals surface area contributed by atoms with Crippen molar-refractivity contribution in [2.45, 2.75) is 91.5 Å². The van der Waals surface area contributed by atoms with Gasteiger partial charge in [-0.15, -0.1) is 0 Å². The highest BCUT2D eigenvalue weighted by atomic mass is 19.3. The van der Waals surface area contributed by atoms with E-state index >= 15 is 0 Å². The normalized spacial score (nSPS) is 11.3. The number of halogens is 2. The van der Waals surface area contributed by atoms with E-state index < -0.39 is 11.9 Å². The molecule has 3 aromatic heterocycles. The van der Waals surface area contributed by atoms with Crippen molar-refractivity contribution in [1.82, 2.24) is 14.8 Å². The molecule has 228 valence electrons. The standard InChI is InChI=1S/C20H31F2N3O.C13H13NO2/c1-3-4-5-6-7-8-9-10-13-23-17-14-24-25(15-17)16-18-11-12-19(26-18)20(2,21)22;1-8-4-3-5-10(6-8)12-11(13(15)16)7-9(2)14-12/h11-12,14-15,23H,3-10,13,16H2,1-2H3;3-7,14H,1-2H3,(H,15,16). The lowest BCUT2D eigenvalue weighted by Gasteiger charge is -2.05. The fourth-order valence-corrected chi connectivity index (χ4v) is 4.68. The Kier molecular flexibility index (Phi) is 12.4. The van der Waals surface area contributed by atoms with E-state index in [-0.39, 0.29) is 5.76 Å². The van der Waals surface area contributed by atoms with Crippen LogP contribution in [0.25, 0.3) is 11.3 Å². The molecule has 0 spiro atoms. The van der Waals surface area contributed by atoms with Gasteiger partial charge in [-0.1, -0.05) is 75.6 Å². The highest BCUT2D eigenvalue weighted by Gasteiger charge is 2.28. The van der Waals surface area contributed by atoms with Crippen molar-refractivity contribution in [3.8, 4) is 11.3 Å². The van der Waals surface area contributed by atoms with E-state index in [0.29, 0.717) is 23.6 Å². The van der Waals surface area contributed by atoms with E-state index in [1.165, 1.54) is 51.0 Å². The molecule has 4 rings (SSSR count). The molecule has 0 saturated heterocycles. The quantitative estimate of drug-likeness (QED) is 0.121. The number of aromatic carboxylic acids is 1. The number of aryl methyl sites for hydroxylation is 2. The largest absolute Gasteiger partial charge is 0.478 e. The van der Waals surface area contributed by atoms with Crippen LogP contribution in [0, 0.1) is 13.8 Å². The van der Waals surface area contributed by atoms with Crippen LogP contribution in [-0.2, 0) is 12.5 Å². The summed E-state index contributed by atoms with van der Waals surface area (Å²) in [5, 5.41) is 16.7. The Morgan fingerprint density at radius 2 is 1.76 bits per heavy atom. The van der Waals surface area contributed by atoms with Gasteiger partial charge in [-0.25, -0.2) is 4.79 Å². The lowest BCUT2D eigenvalue weighted by Crippen LogP contribution is -2.05. The summed E-state index contributed by atoms with van der Waals surface area (Å²) in [7, 11) is 0. The van der Waals surface area contributed by atoms with Gasteiger partial charge < -0.3 is 19.8 Å². The fourth-order valence-electron chi connectivity index (χ4n) is 4.68. The van der Waals surface area contributed by atoms with Gasteiger partial charge in [-0.3, -0.25) is 4.68 Å². The molecule has 0 unspecified atom stereocenters. The number of hydrogen-bond donors (Lipinski definition) is 3. The smallest absolute Gasteiger partial charge is 0.337 e. The van der Waals surface area contributed by atoms with E-state index in [9.17, 15) is 13.6 Å². The lowest BCUT2D eigenvalue weighted by atomic mass is 10.1. The second kappa shape index (κ2) is 15.9. The van der Waals surface area contributed by atoms with Crippen LogP contribution in [0.15, 0.2) is 59.3 Å². The average Bonchev–Trinajstić information content (AvgIpc) is 3.68. The Labute approximate surface area is 247 Å². The number of alkyl halides is 2. The average molecular weight is 583 g/mol. The highest BCUT2D eigenvalue weighted by molar-refractivity contribution is 5.95. The number of aromatic amines is 1. The molecule has 3 heterocycles. The van der Waals surface area contributed by atoms with Crippen molar-refractivity contribution >= 4 is 11.7 Å². The topological polar surface area (TPSA) is 96.1 Å². The van der Waals surface area contributed by atoms with Crippen LogP contribution in [0.5, 0.6) is 0 Å². The van der Waals surface area contributed by atoms with Crippen LogP contribution >= 0.6 is 0 Å². The third-order valence-electron chi connectivity index (χ3n) is 6.89. The van der Waals surface area contributed by atoms with Crippen LogP contribution in [0.3, 0.4) is 0 Å². The van der Waals surface area contributed by atoms with Gasteiger partial charge in [-0.2, -0.15) is 13.9 Å². The third-order valence-corrected chi connectivity index (χ3v) is 6.89. The molecule has 3 N–H and O–H groups in total. The first-order chi connectivity index (χ1) is 20.1. The van der Waals surface area contributed by atoms with E-state index in [4.69, 9.17) is 9.52 Å². The maximum Gasteiger partial charge on any atom is 0.337 e. The zero-order chi connectivity index (χ0) is 30.5. The van der Waals surface area contributed by atoms with Gasteiger partial charge in [0.05, 0.1) is 29.7 Å². The number of hydrogen-bond acceptors (Lipinski definition) is 4. The number of carboxylic acids is 1. The van der Waals surface area contributed by atoms with Crippen molar-refractivity contribution in [3.05, 3.63) is 83.2 Å². The number of benzene rings is 1. The van der Waals surface area contributed by atoms with Crippen LogP contribution in [-0.4, -0.2) is 32.4 Å². The predicted molar refractivity (Wildman–Crippen MR) is 163 cm³/mol. The summed E-state index contributed by atoms with van der Waals surface area (Å²) in [4.78, 5) is 14.2. The number of carboxylic acid groups (broad SMARTS) is 1. The van der Waals surface area contributed by atoms with Crippen LogP contribution in [0.4, 0.5) is 14.5 Å². The zero-order valence-corrected chi connectivity index (χ0v) is 25.2. The molecule has 0 aliphatic heterocycles. The second-order valence-corrected chi connectivity index (χ2v) is 10.9. The number of rotatable bonds is 15. The minimum Gasteiger partial charge on any atom is -0.478 e. The Hall–Kier alpha value is -3.88. The number of unbranched alkanes of at least 4 members (excludes halogenated alkanes) is 7. The number of nitrogens with zero attached hydrogens (tertiary/aromatic N) is 2. The predicted octanol–water partition coefficient (Wildman–Crippen LogP) is 9.19. The number of H-pyrrole nitrogens is 1. The van der Waals surface area contributed by atoms with Crippen LogP contribution < -0.4 is 5.32 Å². The van der Waals surface area contributed by atoms with E-state index in [2.05, 4.69) is 22.3 Å². The maximum atomic E-state index is 13.2. The van der Waals surface area contributed by atoms with E-state index in [0.717, 1.165) is 42.4 Å². The lowest BCUT2D eigenvalue weighted by molar-refractivity contribution is -0.00636. The van der Waals surface area contributed by atoms with Crippen LogP contribution in [0.1, 0.15) is 98.3 Å². The van der Waals surface area contributed by atoms with Crippen molar-refractivity contribution in [3.63, 3.8) is 0 Å². The summed E-state index contributed by atoms with van der Waals surface area (Å²) in [6.07, 6.45) is 14.0. The molecule has 0 fully saturated rings. The van der Waals surface area contributed by atoms with E-state index in [1.807, 2.05) is 44.3 Å². The SMILES string of the molecule is CCCCCCCCCCNc1cnn(Cc2ccc(C(C)(F)F)o2)c1.Cc1cccc(-c2[nH]c(C)cc2C(=O)O)c1. The Balaban J connectivity index is 0.000000258. The monoisotopic (exact) mass is 582 g/mol. The third kappa shape index (κ3) is 10.5. The molecule has 0 aliphatic carbocycles. The summed E-state index contributed by atoms with van der Waals surface area (Å²) < 4.78 is 33.3. The molecule has 9 heteroatoms. The summed E-state index contributed by atoms with van der Waals surface area (Å²) in [6, 6.07) is 12.3. The molecular weight excluding hydrogens is 538 g/mol. The number of aromatic nitrogens is 3. The molecule has 0 amide bonds. The summed E-state index contributed by atoms with van der Waals surface area (Å²) in [5.41, 5.74) is 4.82. The Bertz CT molecular complexity index is 1380. The van der Waals surface area contributed by atoms with Gasteiger partial charge in [-0.05, 0) is 50.1 Å². The Morgan fingerprint density at radius 1 is 1.05 bits per heavy atom. The van der Waals surface area contributed by atoms with Gasteiger partial charge in [0.15, 0.2) is 5.76 Å². The minimum atomic E-state index is -2.95. The molecular formula is C33H44F2N4O3. The molecule has 0 radical (unpaired) electrons. The number of nitrogens with one attached hydrogen (secondary N) is 2. The fraction of sp³-hybridized carbons (Fsp3) is 0.455. The first-order valence-electron chi connectivity index (χ1n) is 14.8. The zero-order valence-electron chi connectivity index (χ0n) is 25.2. The van der Waals surface area contributed by atoms with Gasteiger partial charge >= 0.3 is 11.9 Å². The molecule has 4 aromatic rings. The van der Waals surface area contributed by atoms with Crippen molar-refractivity contribution in [1.29, 1.82) is 0 Å². The summed E-state index contributed by atoms with van der Waals surface area (Å²) in [6.45, 7) is 8.18. The molecule has 1 aromatic carbocycles. The minimum absolute atomic E-state index is 0.312. The first-order valence-corrected chi connectivity index (χ1v) is 14.8. The van der Waals surface area contributed by atoms with Crippen LogP contribution in [0.2, 0.25) is 0 Å². The molecule has 0 bridgehead atoms. The molecule has 0 saturated carbocycles. The van der Waals surface area contributed by atoms with Gasteiger partial charge in [0, 0.05) is 25.4 Å². The molecule has 0 aliphatic rings. The highest BCUT2D eigenvalue weighted by Crippen LogP contribution is 2.29. The summed E-state index contributed by atoms with van der Waals surface area (Å²) >= 11 is 0.